The Hall–Kier alpha value is -1.10. The number of hydrogen-bond donors (Lipinski definition) is 2. The van der Waals surface area contributed by atoms with Gasteiger partial charge in [0.15, 0.2) is 0 Å². The van der Waals surface area contributed by atoms with E-state index in [-0.39, 0.29) is 18.0 Å². The highest BCUT2D eigenvalue weighted by atomic mass is 35.5. The van der Waals surface area contributed by atoms with Crippen LogP contribution in [-0.2, 0) is 0 Å². The van der Waals surface area contributed by atoms with E-state index in [0.717, 1.165) is 0 Å². The molecule has 0 spiro atoms. The maximum atomic E-state index is 11.5. The molecule has 0 aliphatic heterocycles. The summed E-state index contributed by atoms with van der Waals surface area (Å²) in [6.07, 6.45) is 0. The van der Waals surface area contributed by atoms with Crippen molar-refractivity contribution in [2.75, 3.05) is 0 Å². The summed E-state index contributed by atoms with van der Waals surface area (Å²) in [6.45, 7) is 1.72. The van der Waals surface area contributed by atoms with Crippen molar-refractivity contribution in [3.63, 3.8) is 0 Å². The van der Waals surface area contributed by atoms with Crippen LogP contribution in [0.2, 0.25) is 5.02 Å². The monoisotopic (exact) mass is 259 g/mol. The van der Waals surface area contributed by atoms with Crippen molar-refractivity contribution in [1.82, 2.24) is 9.97 Å². The highest BCUT2D eigenvalue weighted by molar-refractivity contribution is 6.31. The first-order chi connectivity index (χ1) is 7.08. The van der Waals surface area contributed by atoms with E-state index in [0.29, 0.717) is 21.7 Å². The lowest BCUT2D eigenvalue weighted by atomic mass is 10.2. The van der Waals surface area contributed by atoms with Crippen molar-refractivity contribution in [2.45, 2.75) is 13.0 Å². The molecule has 1 aromatic heterocycles. The van der Waals surface area contributed by atoms with Crippen molar-refractivity contribution in [3.05, 3.63) is 39.3 Å². The van der Waals surface area contributed by atoms with Crippen LogP contribution in [0.25, 0.3) is 11.0 Å². The van der Waals surface area contributed by atoms with E-state index < -0.39 is 6.04 Å². The first-order valence-corrected chi connectivity index (χ1v) is 4.91. The number of aromatic amines is 1. The standard InChI is InChI=1S/C10H10ClN3O.ClH/c1-5(12)9-10(15)14-7-3-2-6(11)4-8(7)13-9;/h2-5H,12H2,1H3,(H,14,15);1H/t5-;/m0./s1. The second kappa shape index (κ2) is 4.82. The summed E-state index contributed by atoms with van der Waals surface area (Å²) in [4.78, 5) is 18.4. The molecule has 0 saturated carbocycles. The minimum Gasteiger partial charge on any atom is -0.323 e. The molecule has 0 saturated heterocycles. The number of nitrogens with one attached hydrogen (secondary N) is 1. The molecular formula is C10H11Cl2N3O. The molecule has 0 fully saturated rings. The fourth-order valence-electron chi connectivity index (χ4n) is 1.38. The van der Waals surface area contributed by atoms with E-state index in [1.807, 2.05) is 0 Å². The van der Waals surface area contributed by atoms with Gasteiger partial charge in [0.2, 0.25) is 0 Å². The Balaban J connectivity index is 0.00000128. The molecule has 0 bridgehead atoms. The van der Waals surface area contributed by atoms with Crippen LogP contribution in [0, 0.1) is 0 Å². The zero-order valence-corrected chi connectivity index (χ0v) is 10.1. The highest BCUT2D eigenvalue weighted by Crippen LogP contribution is 2.15. The van der Waals surface area contributed by atoms with E-state index in [1.54, 1.807) is 25.1 Å². The maximum absolute atomic E-state index is 11.5. The van der Waals surface area contributed by atoms with Gasteiger partial charge in [0, 0.05) is 11.1 Å². The Bertz CT molecular complexity index is 565. The molecule has 0 unspecified atom stereocenters. The predicted octanol–water partition coefficient (Wildman–Crippen LogP) is 2.02. The Morgan fingerprint density at radius 1 is 1.50 bits per heavy atom. The maximum Gasteiger partial charge on any atom is 0.271 e. The predicted molar refractivity (Wildman–Crippen MR) is 67.2 cm³/mol. The lowest BCUT2D eigenvalue weighted by molar-refractivity contribution is 0.768. The van der Waals surface area contributed by atoms with Crippen molar-refractivity contribution in [3.8, 4) is 0 Å². The van der Waals surface area contributed by atoms with E-state index in [4.69, 9.17) is 17.3 Å². The SMILES string of the molecule is C[C@H](N)c1nc2cc(Cl)ccc2[nH]c1=O.Cl. The van der Waals surface area contributed by atoms with Gasteiger partial charge in [-0.15, -0.1) is 12.4 Å². The molecule has 86 valence electrons. The van der Waals surface area contributed by atoms with Gasteiger partial charge in [-0.05, 0) is 25.1 Å². The molecule has 3 N–H and O–H groups in total. The van der Waals surface area contributed by atoms with Crippen LogP contribution in [0.5, 0.6) is 0 Å². The molecule has 16 heavy (non-hydrogen) atoms. The van der Waals surface area contributed by atoms with Crippen LogP contribution in [0.15, 0.2) is 23.0 Å². The summed E-state index contributed by atoms with van der Waals surface area (Å²) in [5.74, 6) is 0. The van der Waals surface area contributed by atoms with Crippen LogP contribution in [-0.4, -0.2) is 9.97 Å². The van der Waals surface area contributed by atoms with E-state index in [9.17, 15) is 4.79 Å². The van der Waals surface area contributed by atoms with Gasteiger partial charge < -0.3 is 10.7 Å². The van der Waals surface area contributed by atoms with Crippen LogP contribution < -0.4 is 11.3 Å². The quantitative estimate of drug-likeness (QED) is 0.823. The van der Waals surface area contributed by atoms with Crippen molar-refractivity contribution < 1.29 is 0 Å². The summed E-state index contributed by atoms with van der Waals surface area (Å²) in [6, 6.07) is 4.72. The minimum atomic E-state index is -0.392. The number of fused-ring (bicyclic) bond motifs is 1. The zero-order chi connectivity index (χ0) is 11.0. The normalized spacial score (nSPS) is 12.2. The van der Waals surface area contributed by atoms with Gasteiger partial charge in [-0.25, -0.2) is 4.98 Å². The number of rotatable bonds is 1. The average molecular weight is 260 g/mol. The van der Waals surface area contributed by atoms with Gasteiger partial charge in [-0.1, -0.05) is 11.6 Å². The summed E-state index contributed by atoms with van der Waals surface area (Å²) < 4.78 is 0. The second-order valence-corrected chi connectivity index (χ2v) is 3.84. The molecule has 4 nitrogen and oxygen atoms in total. The number of H-pyrrole nitrogens is 1. The molecule has 6 heteroatoms. The molecular weight excluding hydrogens is 249 g/mol. The Labute approximate surface area is 103 Å². The fraction of sp³-hybridized carbons (Fsp3) is 0.200. The smallest absolute Gasteiger partial charge is 0.271 e. The molecule has 2 aromatic rings. The van der Waals surface area contributed by atoms with Gasteiger partial charge in [-0.2, -0.15) is 0 Å². The fourth-order valence-corrected chi connectivity index (χ4v) is 1.54. The highest BCUT2D eigenvalue weighted by Gasteiger charge is 2.08. The van der Waals surface area contributed by atoms with Crippen molar-refractivity contribution >= 4 is 35.0 Å². The Kier molecular flexibility index (Phi) is 3.91. The number of nitrogens with two attached hydrogens (primary N) is 1. The van der Waals surface area contributed by atoms with Gasteiger partial charge in [0.05, 0.1) is 11.0 Å². The van der Waals surface area contributed by atoms with Crippen molar-refractivity contribution in [1.29, 1.82) is 0 Å². The number of halogens is 2. The first kappa shape index (κ1) is 13.0. The van der Waals surface area contributed by atoms with Gasteiger partial charge >= 0.3 is 0 Å². The van der Waals surface area contributed by atoms with Crippen LogP contribution in [0.1, 0.15) is 18.7 Å². The molecule has 0 aliphatic carbocycles. The summed E-state index contributed by atoms with van der Waals surface area (Å²) >= 11 is 5.83. The Morgan fingerprint density at radius 3 is 2.81 bits per heavy atom. The van der Waals surface area contributed by atoms with E-state index >= 15 is 0 Å². The average Bonchev–Trinajstić information content (AvgIpc) is 2.17. The van der Waals surface area contributed by atoms with Crippen LogP contribution >= 0.6 is 24.0 Å². The number of hydrogen-bond acceptors (Lipinski definition) is 3. The zero-order valence-electron chi connectivity index (χ0n) is 8.53. The Morgan fingerprint density at radius 2 is 2.19 bits per heavy atom. The molecule has 1 heterocycles. The summed E-state index contributed by atoms with van der Waals surface area (Å²) in [7, 11) is 0. The topological polar surface area (TPSA) is 71.8 Å². The third kappa shape index (κ3) is 2.35. The van der Waals surface area contributed by atoms with Gasteiger partial charge in [0.25, 0.3) is 5.56 Å². The van der Waals surface area contributed by atoms with Crippen LogP contribution in [0.3, 0.4) is 0 Å². The number of benzene rings is 1. The summed E-state index contributed by atoms with van der Waals surface area (Å²) in [5, 5.41) is 0.581. The molecule has 1 aromatic carbocycles. The molecule has 0 radical (unpaired) electrons. The molecule has 1 atom stereocenters. The number of aromatic nitrogens is 2. The van der Waals surface area contributed by atoms with E-state index in [2.05, 4.69) is 9.97 Å². The van der Waals surface area contributed by atoms with Crippen molar-refractivity contribution in [2.24, 2.45) is 5.73 Å². The molecule has 0 aliphatic rings. The molecule has 2 rings (SSSR count). The third-order valence-corrected chi connectivity index (χ3v) is 2.35. The lowest BCUT2D eigenvalue weighted by Gasteiger charge is -2.05. The second-order valence-electron chi connectivity index (χ2n) is 3.40. The lowest BCUT2D eigenvalue weighted by Crippen LogP contribution is -2.21. The van der Waals surface area contributed by atoms with Crippen LogP contribution in [0.4, 0.5) is 0 Å². The molecule has 0 amide bonds. The van der Waals surface area contributed by atoms with Gasteiger partial charge in [0.1, 0.15) is 5.69 Å². The first-order valence-electron chi connectivity index (χ1n) is 4.53. The largest absolute Gasteiger partial charge is 0.323 e. The van der Waals surface area contributed by atoms with E-state index in [1.165, 1.54) is 0 Å². The summed E-state index contributed by atoms with van der Waals surface area (Å²) in [5.41, 5.74) is 7.01. The third-order valence-electron chi connectivity index (χ3n) is 2.11. The minimum absolute atomic E-state index is 0. The van der Waals surface area contributed by atoms with Gasteiger partial charge in [-0.3, -0.25) is 4.79 Å². The number of nitrogens with zero attached hydrogens (tertiary/aromatic N) is 1.